The molecular formula is C5H9F3N. The highest BCUT2D eigenvalue weighted by Crippen LogP contribution is 2.14. The van der Waals surface area contributed by atoms with Crippen LogP contribution < -0.4 is 0 Å². The Kier molecular flexibility index (Phi) is 2.97. The smallest absolute Gasteiger partial charge is 0.298 e. The SMILES string of the molecule is [CH2]CN(C)CC(F)(F)F. The molecule has 1 radical (unpaired) electrons. The molecule has 4 heteroatoms. The summed E-state index contributed by atoms with van der Waals surface area (Å²) in [5.41, 5.74) is 0. The molecule has 0 aromatic rings. The van der Waals surface area contributed by atoms with Gasteiger partial charge in [0.1, 0.15) is 0 Å². The first kappa shape index (κ1) is 8.75. The molecule has 0 saturated carbocycles. The summed E-state index contributed by atoms with van der Waals surface area (Å²) >= 11 is 0. The fraction of sp³-hybridized carbons (Fsp3) is 0.800. The lowest BCUT2D eigenvalue weighted by Gasteiger charge is -2.15. The van der Waals surface area contributed by atoms with Gasteiger partial charge in [0.25, 0.3) is 0 Å². The van der Waals surface area contributed by atoms with Crippen LogP contribution in [0.4, 0.5) is 13.2 Å². The fourth-order valence-electron chi connectivity index (χ4n) is 0.385. The summed E-state index contributed by atoms with van der Waals surface area (Å²) in [4.78, 5) is 1.10. The van der Waals surface area contributed by atoms with Gasteiger partial charge in [0.2, 0.25) is 0 Å². The Hall–Kier alpha value is -0.250. The molecule has 1 nitrogen and oxygen atoms in total. The topological polar surface area (TPSA) is 3.24 Å². The predicted octanol–water partition coefficient (Wildman–Crippen LogP) is 1.31. The summed E-state index contributed by atoms with van der Waals surface area (Å²) < 4.78 is 34.3. The lowest BCUT2D eigenvalue weighted by Crippen LogP contribution is -2.30. The molecule has 0 heterocycles. The Bertz CT molecular complexity index is 78.8. The molecule has 0 aliphatic carbocycles. The van der Waals surface area contributed by atoms with Crippen molar-refractivity contribution in [1.29, 1.82) is 0 Å². The van der Waals surface area contributed by atoms with Gasteiger partial charge in [0, 0.05) is 0 Å². The zero-order chi connectivity index (χ0) is 7.49. The summed E-state index contributed by atoms with van der Waals surface area (Å²) in [5.74, 6) is 0. The van der Waals surface area contributed by atoms with Crippen molar-refractivity contribution in [3.05, 3.63) is 6.92 Å². The normalized spacial score (nSPS) is 12.7. The minimum Gasteiger partial charge on any atom is -0.298 e. The third-order valence-electron chi connectivity index (χ3n) is 0.831. The maximum atomic E-state index is 11.4. The second kappa shape index (κ2) is 3.06. The van der Waals surface area contributed by atoms with Crippen LogP contribution in [0.2, 0.25) is 0 Å². The number of nitrogens with zero attached hydrogens (tertiary/aromatic N) is 1. The number of hydrogen-bond acceptors (Lipinski definition) is 1. The van der Waals surface area contributed by atoms with Gasteiger partial charge in [-0.2, -0.15) is 13.2 Å². The van der Waals surface area contributed by atoms with Gasteiger partial charge in [-0.1, -0.05) is 0 Å². The van der Waals surface area contributed by atoms with E-state index in [0.717, 1.165) is 4.90 Å². The van der Waals surface area contributed by atoms with E-state index in [4.69, 9.17) is 0 Å². The fourth-order valence-corrected chi connectivity index (χ4v) is 0.385. The highest BCUT2D eigenvalue weighted by molar-refractivity contribution is 4.58. The highest BCUT2D eigenvalue weighted by Gasteiger charge is 2.28. The summed E-state index contributed by atoms with van der Waals surface area (Å²) in [6, 6.07) is 0. The minimum atomic E-state index is -4.09. The van der Waals surface area contributed by atoms with Crippen molar-refractivity contribution in [2.75, 3.05) is 20.1 Å². The van der Waals surface area contributed by atoms with Crippen molar-refractivity contribution in [1.82, 2.24) is 4.90 Å². The third kappa shape index (κ3) is 5.62. The Morgan fingerprint density at radius 1 is 1.44 bits per heavy atom. The molecule has 0 aliphatic heterocycles. The summed E-state index contributed by atoms with van der Waals surface area (Å²) in [6.07, 6.45) is -4.09. The largest absolute Gasteiger partial charge is 0.401 e. The second-order valence-corrected chi connectivity index (χ2v) is 1.85. The van der Waals surface area contributed by atoms with Crippen molar-refractivity contribution < 1.29 is 13.2 Å². The third-order valence-corrected chi connectivity index (χ3v) is 0.831. The maximum Gasteiger partial charge on any atom is 0.401 e. The van der Waals surface area contributed by atoms with Crippen LogP contribution in [0.15, 0.2) is 0 Å². The molecule has 55 valence electrons. The molecule has 0 bridgehead atoms. The van der Waals surface area contributed by atoms with Gasteiger partial charge >= 0.3 is 6.18 Å². The molecule has 0 fully saturated rings. The van der Waals surface area contributed by atoms with E-state index in [0.29, 0.717) is 0 Å². The molecule has 0 aromatic heterocycles. The van der Waals surface area contributed by atoms with Gasteiger partial charge in [-0.15, -0.1) is 0 Å². The molecule has 0 aromatic carbocycles. The lowest BCUT2D eigenvalue weighted by molar-refractivity contribution is -0.141. The first-order valence-corrected chi connectivity index (χ1v) is 2.50. The summed E-state index contributed by atoms with van der Waals surface area (Å²) in [7, 11) is 1.38. The number of hydrogen-bond donors (Lipinski definition) is 0. The van der Waals surface area contributed by atoms with E-state index in [9.17, 15) is 13.2 Å². The van der Waals surface area contributed by atoms with Crippen molar-refractivity contribution in [2.45, 2.75) is 6.18 Å². The van der Waals surface area contributed by atoms with Crippen LogP contribution in [0.5, 0.6) is 0 Å². The molecule has 0 aliphatic rings. The van der Waals surface area contributed by atoms with Gasteiger partial charge in [-0.05, 0) is 20.5 Å². The van der Waals surface area contributed by atoms with Gasteiger partial charge in [-0.3, -0.25) is 4.90 Å². The maximum absolute atomic E-state index is 11.4. The molecular weight excluding hydrogens is 131 g/mol. The van der Waals surface area contributed by atoms with Crippen molar-refractivity contribution in [3.8, 4) is 0 Å². The van der Waals surface area contributed by atoms with Gasteiger partial charge < -0.3 is 0 Å². The van der Waals surface area contributed by atoms with Crippen LogP contribution in [0.1, 0.15) is 0 Å². The Labute approximate surface area is 52.5 Å². The van der Waals surface area contributed by atoms with Crippen LogP contribution in [0.25, 0.3) is 0 Å². The Balaban J connectivity index is 3.47. The quantitative estimate of drug-likeness (QED) is 0.559. The molecule has 9 heavy (non-hydrogen) atoms. The van der Waals surface area contributed by atoms with E-state index < -0.39 is 12.7 Å². The number of halogens is 3. The molecule has 0 saturated heterocycles. The highest BCUT2D eigenvalue weighted by atomic mass is 19.4. The van der Waals surface area contributed by atoms with E-state index in [1.54, 1.807) is 0 Å². The summed E-state index contributed by atoms with van der Waals surface area (Å²) in [5, 5.41) is 0. The van der Waals surface area contributed by atoms with E-state index in [1.165, 1.54) is 7.05 Å². The van der Waals surface area contributed by atoms with Crippen LogP contribution in [-0.2, 0) is 0 Å². The van der Waals surface area contributed by atoms with Crippen LogP contribution >= 0.6 is 0 Å². The van der Waals surface area contributed by atoms with Gasteiger partial charge in [0.15, 0.2) is 0 Å². The summed E-state index contributed by atoms with van der Waals surface area (Å²) in [6.45, 7) is 2.60. The van der Waals surface area contributed by atoms with Gasteiger partial charge in [0.05, 0.1) is 6.54 Å². The molecule has 0 rings (SSSR count). The standard InChI is InChI=1S/C5H9F3N/c1-3-9(2)4-5(6,7)8/h1,3-4H2,2H3. The average Bonchev–Trinajstić information content (AvgIpc) is 1.62. The van der Waals surface area contributed by atoms with Crippen molar-refractivity contribution in [3.63, 3.8) is 0 Å². The van der Waals surface area contributed by atoms with Crippen LogP contribution in [-0.4, -0.2) is 31.2 Å². The number of rotatable bonds is 2. The zero-order valence-electron chi connectivity index (χ0n) is 5.20. The molecule has 0 N–H and O–H groups in total. The first-order chi connectivity index (χ1) is 3.95. The zero-order valence-corrected chi connectivity index (χ0v) is 5.20. The number of alkyl halides is 3. The Morgan fingerprint density at radius 3 is 2.00 bits per heavy atom. The monoisotopic (exact) mass is 140 g/mol. The minimum absolute atomic E-state index is 0.180. The molecule has 0 amide bonds. The predicted molar refractivity (Wildman–Crippen MR) is 28.9 cm³/mol. The van der Waals surface area contributed by atoms with Crippen molar-refractivity contribution >= 4 is 0 Å². The first-order valence-electron chi connectivity index (χ1n) is 2.50. The van der Waals surface area contributed by atoms with E-state index in [-0.39, 0.29) is 6.54 Å². The van der Waals surface area contributed by atoms with Gasteiger partial charge in [-0.25, -0.2) is 0 Å². The lowest BCUT2D eigenvalue weighted by atomic mass is 10.5. The van der Waals surface area contributed by atoms with E-state index in [2.05, 4.69) is 6.92 Å². The molecule has 0 unspecified atom stereocenters. The second-order valence-electron chi connectivity index (χ2n) is 1.85. The Morgan fingerprint density at radius 2 is 1.89 bits per heavy atom. The van der Waals surface area contributed by atoms with Crippen LogP contribution in [0, 0.1) is 6.92 Å². The van der Waals surface area contributed by atoms with E-state index >= 15 is 0 Å². The molecule has 0 atom stereocenters. The van der Waals surface area contributed by atoms with Crippen LogP contribution in [0.3, 0.4) is 0 Å². The van der Waals surface area contributed by atoms with E-state index in [1.807, 2.05) is 0 Å². The average molecular weight is 140 g/mol. The van der Waals surface area contributed by atoms with Crippen molar-refractivity contribution in [2.24, 2.45) is 0 Å². The molecule has 0 spiro atoms.